The number of rotatable bonds is 5. The van der Waals surface area contributed by atoms with Crippen LogP contribution in [0.1, 0.15) is 22.8 Å². The number of hydrogen-bond donors (Lipinski definition) is 0. The van der Waals surface area contributed by atoms with Gasteiger partial charge in [-0.15, -0.1) is 0 Å². The molecule has 5 heteroatoms. The number of ether oxygens (including phenoxy) is 2. The zero-order chi connectivity index (χ0) is 15.4. The Kier molecular flexibility index (Phi) is 4.52. The molecule has 2 rings (SSSR count). The first-order valence-electron chi connectivity index (χ1n) is 6.27. The van der Waals surface area contributed by atoms with E-state index in [1.165, 1.54) is 32.2 Å². The Labute approximate surface area is 121 Å². The molecule has 0 heterocycles. The smallest absolute Gasteiger partial charge is 0.161 e. The highest BCUT2D eigenvalue weighted by atomic mass is 19.1. The Morgan fingerprint density at radius 2 is 1.76 bits per heavy atom. The maximum Gasteiger partial charge on any atom is 0.161 e. The summed E-state index contributed by atoms with van der Waals surface area (Å²) in [5, 5.41) is 0. The molecule has 110 valence electrons. The molecule has 0 amide bonds. The largest absolute Gasteiger partial charge is 0.493 e. The predicted octanol–water partition coefficient (Wildman–Crippen LogP) is 3.76. The number of carbonyl (C=O) groups is 1. The molecule has 21 heavy (non-hydrogen) atoms. The Bertz CT molecular complexity index is 648. The zero-order valence-corrected chi connectivity index (χ0v) is 11.7. The summed E-state index contributed by atoms with van der Waals surface area (Å²) in [7, 11) is 1.43. The number of halogens is 2. The lowest BCUT2D eigenvalue weighted by Crippen LogP contribution is -2.03. The number of Topliss-reactive ketones (excluding diaryl/α,β-unsaturated/α-hetero) is 1. The molecule has 2 aromatic rings. The lowest BCUT2D eigenvalue weighted by atomic mass is 10.1. The third-order valence-electron chi connectivity index (χ3n) is 3.00. The van der Waals surface area contributed by atoms with E-state index in [-0.39, 0.29) is 18.0 Å². The van der Waals surface area contributed by atoms with Gasteiger partial charge < -0.3 is 9.47 Å². The number of methoxy groups -OCH3 is 1. The highest BCUT2D eigenvalue weighted by molar-refractivity contribution is 5.94. The van der Waals surface area contributed by atoms with E-state index in [4.69, 9.17) is 9.47 Å². The molecule has 0 radical (unpaired) electrons. The van der Waals surface area contributed by atoms with E-state index in [2.05, 4.69) is 0 Å². The first-order valence-corrected chi connectivity index (χ1v) is 6.27. The van der Waals surface area contributed by atoms with E-state index in [1.54, 1.807) is 6.07 Å². The van der Waals surface area contributed by atoms with Gasteiger partial charge >= 0.3 is 0 Å². The molecule has 0 aliphatic heterocycles. The first kappa shape index (κ1) is 15.0. The number of ketones is 1. The summed E-state index contributed by atoms with van der Waals surface area (Å²) in [4.78, 5) is 11.3. The molecule has 0 saturated heterocycles. The summed E-state index contributed by atoms with van der Waals surface area (Å²) < 4.78 is 37.5. The summed E-state index contributed by atoms with van der Waals surface area (Å²) in [6.45, 7) is 1.16. The fraction of sp³-hybridized carbons (Fsp3) is 0.188. The molecule has 0 aliphatic carbocycles. The maximum absolute atomic E-state index is 13.5. The molecular weight excluding hydrogens is 278 g/mol. The molecular formula is C16H14F2O3. The van der Waals surface area contributed by atoms with Crippen molar-refractivity contribution in [2.75, 3.05) is 7.11 Å². The van der Waals surface area contributed by atoms with Crippen LogP contribution in [0.5, 0.6) is 11.5 Å². The van der Waals surface area contributed by atoms with Gasteiger partial charge in [-0.3, -0.25) is 4.79 Å². The molecule has 3 nitrogen and oxygen atoms in total. The van der Waals surface area contributed by atoms with Gasteiger partial charge in [-0.2, -0.15) is 0 Å². The fourth-order valence-electron chi connectivity index (χ4n) is 1.83. The second kappa shape index (κ2) is 6.35. The molecule has 0 aromatic heterocycles. The lowest BCUT2D eigenvalue weighted by Gasteiger charge is -2.12. The highest BCUT2D eigenvalue weighted by Crippen LogP contribution is 2.29. The van der Waals surface area contributed by atoms with Gasteiger partial charge in [-0.05, 0) is 37.3 Å². The van der Waals surface area contributed by atoms with E-state index >= 15 is 0 Å². The van der Waals surface area contributed by atoms with Crippen LogP contribution in [-0.2, 0) is 6.61 Å². The minimum absolute atomic E-state index is 0.111. The SMILES string of the molecule is COc1cc(C(C)=O)ccc1OCc1c(F)cccc1F. The molecule has 0 atom stereocenters. The van der Waals surface area contributed by atoms with Gasteiger partial charge in [0.25, 0.3) is 0 Å². The van der Waals surface area contributed by atoms with Gasteiger partial charge in [0, 0.05) is 5.56 Å². The number of carbonyl (C=O) groups excluding carboxylic acids is 1. The predicted molar refractivity (Wildman–Crippen MR) is 73.7 cm³/mol. The molecule has 0 fully saturated rings. The Morgan fingerprint density at radius 3 is 2.33 bits per heavy atom. The van der Waals surface area contributed by atoms with Crippen LogP contribution in [0.3, 0.4) is 0 Å². The van der Waals surface area contributed by atoms with Crippen molar-refractivity contribution in [1.82, 2.24) is 0 Å². The second-order valence-corrected chi connectivity index (χ2v) is 4.41. The van der Waals surface area contributed by atoms with Gasteiger partial charge in [-0.25, -0.2) is 8.78 Å². The molecule has 0 saturated carbocycles. The van der Waals surface area contributed by atoms with E-state index < -0.39 is 11.6 Å². The molecule has 0 spiro atoms. The van der Waals surface area contributed by atoms with Crippen molar-refractivity contribution >= 4 is 5.78 Å². The van der Waals surface area contributed by atoms with Gasteiger partial charge in [0.15, 0.2) is 17.3 Å². The molecule has 0 bridgehead atoms. The minimum atomic E-state index is -0.672. The Balaban J connectivity index is 2.22. The van der Waals surface area contributed by atoms with E-state index in [0.29, 0.717) is 17.1 Å². The maximum atomic E-state index is 13.5. The van der Waals surface area contributed by atoms with E-state index in [0.717, 1.165) is 12.1 Å². The van der Waals surface area contributed by atoms with Crippen LogP contribution in [0.2, 0.25) is 0 Å². The number of benzene rings is 2. The summed E-state index contributed by atoms with van der Waals surface area (Å²) in [5.41, 5.74) is 0.312. The quantitative estimate of drug-likeness (QED) is 0.787. The summed E-state index contributed by atoms with van der Waals surface area (Å²) in [5.74, 6) is -0.812. The van der Waals surface area contributed by atoms with Crippen LogP contribution in [-0.4, -0.2) is 12.9 Å². The van der Waals surface area contributed by atoms with E-state index in [1.807, 2.05) is 0 Å². The topological polar surface area (TPSA) is 35.5 Å². The average molecular weight is 292 g/mol. The average Bonchev–Trinajstić information content (AvgIpc) is 2.46. The third-order valence-corrected chi connectivity index (χ3v) is 3.00. The van der Waals surface area contributed by atoms with Crippen LogP contribution in [0.4, 0.5) is 8.78 Å². The van der Waals surface area contributed by atoms with Crippen molar-refractivity contribution in [3.63, 3.8) is 0 Å². The highest BCUT2D eigenvalue weighted by Gasteiger charge is 2.12. The van der Waals surface area contributed by atoms with Crippen molar-refractivity contribution < 1.29 is 23.0 Å². The van der Waals surface area contributed by atoms with Crippen LogP contribution in [0.25, 0.3) is 0 Å². The van der Waals surface area contributed by atoms with Crippen molar-refractivity contribution in [2.45, 2.75) is 13.5 Å². The second-order valence-electron chi connectivity index (χ2n) is 4.41. The fourth-order valence-corrected chi connectivity index (χ4v) is 1.83. The minimum Gasteiger partial charge on any atom is -0.493 e. The first-order chi connectivity index (χ1) is 10.0. The van der Waals surface area contributed by atoms with Crippen LogP contribution < -0.4 is 9.47 Å². The van der Waals surface area contributed by atoms with Gasteiger partial charge in [-0.1, -0.05) is 6.07 Å². The summed E-state index contributed by atoms with van der Waals surface area (Å²) in [6.07, 6.45) is 0. The summed E-state index contributed by atoms with van der Waals surface area (Å²) >= 11 is 0. The molecule has 0 unspecified atom stereocenters. The van der Waals surface area contributed by atoms with Crippen LogP contribution >= 0.6 is 0 Å². The van der Waals surface area contributed by atoms with Gasteiger partial charge in [0.2, 0.25) is 0 Å². The summed E-state index contributed by atoms with van der Waals surface area (Å²) in [6, 6.07) is 8.24. The van der Waals surface area contributed by atoms with Crippen LogP contribution in [0.15, 0.2) is 36.4 Å². The van der Waals surface area contributed by atoms with Crippen molar-refractivity contribution in [2.24, 2.45) is 0 Å². The number of hydrogen-bond acceptors (Lipinski definition) is 3. The monoisotopic (exact) mass is 292 g/mol. The standard InChI is InChI=1S/C16H14F2O3/c1-10(19)11-6-7-15(16(8-11)20-2)21-9-12-13(17)4-3-5-14(12)18/h3-8H,9H2,1-2H3. The molecule has 0 aliphatic rings. The van der Waals surface area contributed by atoms with Crippen molar-refractivity contribution in [3.05, 3.63) is 59.2 Å². The Morgan fingerprint density at radius 1 is 1.10 bits per heavy atom. The normalized spacial score (nSPS) is 10.3. The lowest BCUT2D eigenvalue weighted by molar-refractivity contribution is 0.101. The Hall–Kier alpha value is -2.43. The van der Waals surface area contributed by atoms with Gasteiger partial charge in [0.05, 0.1) is 12.7 Å². The van der Waals surface area contributed by atoms with E-state index in [9.17, 15) is 13.6 Å². The molecule has 2 aromatic carbocycles. The third kappa shape index (κ3) is 3.37. The molecule has 0 N–H and O–H groups in total. The zero-order valence-electron chi connectivity index (χ0n) is 11.7. The van der Waals surface area contributed by atoms with Crippen LogP contribution in [0, 0.1) is 11.6 Å². The van der Waals surface area contributed by atoms with Crippen molar-refractivity contribution in [3.8, 4) is 11.5 Å². The van der Waals surface area contributed by atoms with Gasteiger partial charge in [0.1, 0.15) is 18.2 Å². The van der Waals surface area contributed by atoms with Crippen molar-refractivity contribution in [1.29, 1.82) is 0 Å².